The summed E-state index contributed by atoms with van der Waals surface area (Å²) >= 11 is 0. The normalized spacial score (nSPS) is 31.3. The van der Waals surface area contributed by atoms with E-state index in [1.807, 2.05) is 0 Å². The van der Waals surface area contributed by atoms with Crippen molar-refractivity contribution in [3.8, 4) is 0 Å². The van der Waals surface area contributed by atoms with Crippen LogP contribution in [0.2, 0.25) is 98.2 Å². The van der Waals surface area contributed by atoms with Crippen molar-refractivity contribution in [2.24, 2.45) is 0 Å². The van der Waals surface area contributed by atoms with Crippen LogP contribution in [0, 0.1) is 0 Å². The molecule has 154 valence electrons. The molecule has 3 rings (SSSR count). The van der Waals surface area contributed by atoms with Crippen molar-refractivity contribution in [2.75, 3.05) is 0 Å². The van der Waals surface area contributed by atoms with Crippen molar-refractivity contribution in [3.63, 3.8) is 0 Å². The summed E-state index contributed by atoms with van der Waals surface area (Å²) in [6.45, 7) is 33.4. The molecule has 0 nitrogen and oxygen atoms in total. The smallest absolute Gasteiger partial charge is 0.0698 e. The van der Waals surface area contributed by atoms with Gasteiger partial charge < -0.3 is 0 Å². The van der Waals surface area contributed by atoms with Gasteiger partial charge in [-0.25, -0.2) is 0 Å². The van der Waals surface area contributed by atoms with Gasteiger partial charge in [-0.1, -0.05) is 116 Å². The van der Waals surface area contributed by atoms with Crippen molar-refractivity contribution < 1.29 is 0 Å². The second-order valence-corrected chi connectivity index (χ2v) is 43.2. The van der Waals surface area contributed by atoms with E-state index in [0.717, 1.165) is 19.7 Å². The van der Waals surface area contributed by atoms with Crippen LogP contribution in [0.15, 0.2) is 24.3 Å². The van der Waals surface area contributed by atoms with Crippen LogP contribution in [-0.4, -0.2) is 40.4 Å². The number of fused-ring (bicyclic) bond motifs is 3. The molecule has 2 fully saturated rings. The first kappa shape index (κ1) is 22.3. The van der Waals surface area contributed by atoms with Gasteiger partial charge in [-0.2, -0.15) is 0 Å². The lowest BCUT2D eigenvalue weighted by atomic mass is 10.2. The Labute approximate surface area is 175 Å². The fraction of sp³-hybridized carbons (Fsp3) is 0.818. The highest BCUT2D eigenvalue weighted by atomic mass is 28.5. The maximum absolute atomic E-state index is 2.78. The molecule has 5 heteroatoms. The molecule has 2 atom stereocenters. The minimum absolute atomic E-state index is 0.794. The third kappa shape index (κ3) is 2.35. The third-order valence-corrected chi connectivity index (χ3v) is 49.8. The molecule has 0 bridgehead atoms. The summed E-state index contributed by atoms with van der Waals surface area (Å²) in [5.41, 5.74) is 1.95. The topological polar surface area (TPSA) is 0 Å². The molecular formula is C22H46Si5. The van der Waals surface area contributed by atoms with E-state index in [1.54, 1.807) is 12.8 Å². The van der Waals surface area contributed by atoms with Crippen LogP contribution < -0.4 is 0 Å². The lowest BCUT2D eigenvalue weighted by Gasteiger charge is -2.62. The Balaban J connectivity index is 2.46. The summed E-state index contributed by atoms with van der Waals surface area (Å²) < 4.78 is 1.59. The summed E-state index contributed by atoms with van der Waals surface area (Å²) in [4.78, 5) is 0. The van der Waals surface area contributed by atoms with Gasteiger partial charge in [-0.3, -0.25) is 0 Å². The molecule has 0 aromatic rings. The largest absolute Gasteiger partial charge is 0.0838 e. The highest BCUT2D eigenvalue weighted by molar-refractivity contribution is 7.31. The Morgan fingerprint density at radius 3 is 1.04 bits per heavy atom. The van der Waals surface area contributed by atoms with E-state index in [2.05, 4.69) is 103 Å². The summed E-state index contributed by atoms with van der Waals surface area (Å²) in [6, 6.07) is 0. The summed E-state index contributed by atoms with van der Waals surface area (Å²) in [6.07, 6.45) is 13.5. The maximum Gasteiger partial charge on any atom is 0.0698 e. The Morgan fingerprint density at radius 1 is 0.556 bits per heavy atom. The van der Waals surface area contributed by atoms with E-state index < -0.39 is 40.4 Å². The fourth-order valence-electron chi connectivity index (χ4n) is 9.88. The van der Waals surface area contributed by atoms with E-state index >= 15 is 0 Å². The van der Waals surface area contributed by atoms with Crippen LogP contribution in [0.5, 0.6) is 0 Å². The fourth-order valence-corrected chi connectivity index (χ4v) is 65.8. The Bertz CT molecular complexity index is 587. The lowest BCUT2D eigenvalue weighted by molar-refractivity contribution is 0.763. The van der Waals surface area contributed by atoms with Crippen LogP contribution in [0.4, 0.5) is 0 Å². The molecule has 0 aromatic carbocycles. The molecule has 27 heavy (non-hydrogen) atoms. The number of hydrogen-bond acceptors (Lipinski definition) is 0. The molecule has 2 heterocycles. The van der Waals surface area contributed by atoms with E-state index in [1.165, 1.54) is 0 Å². The molecule has 2 aliphatic heterocycles. The van der Waals surface area contributed by atoms with Crippen molar-refractivity contribution in [2.45, 2.75) is 111 Å². The zero-order valence-electron chi connectivity index (χ0n) is 20.4. The minimum atomic E-state index is -1.51. The molecule has 0 amide bonds. The zero-order valence-corrected chi connectivity index (χ0v) is 25.4. The average molecular weight is 451 g/mol. The van der Waals surface area contributed by atoms with Crippen LogP contribution in [0.1, 0.15) is 12.8 Å². The van der Waals surface area contributed by atoms with Crippen LogP contribution in [0.3, 0.4) is 0 Å². The molecule has 2 saturated heterocycles. The standard InChI is InChI=1S/C22H46Si5/c1-23(2,3)21(24(4,5)6)17-18-22(25(7,8)9,26(10,11)12)27(21)19-15-13-14-16-20(19)27/h13-16,19-20H,17-18H2,1-12H3. The van der Waals surface area contributed by atoms with E-state index in [4.69, 9.17) is 0 Å². The molecule has 0 aromatic heterocycles. The molecule has 2 unspecified atom stereocenters. The highest BCUT2D eigenvalue weighted by Crippen LogP contribution is 2.91. The lowest BCUT2D eigenvalue weighted by Crippen LogP contribution is -2.71. The van der Waals surface area contributed by atoms with E-state index in [9.17, 15) is 0 Å². The predicted molar refractivity (Wildman–Crippen MR) is 140 cm³/mol. The minimum Gasteiger partial charge on any atom is -0.0838 e. The molecule has 0 N–H and O–H groups in total. The molecule has 3 aliphatic rings. The highest BCUT2D eigenvalue weighted by Gasteiger charge is 2.90. The first-order chi connectivity index (χ1) is 11.9. The number of hydrogen-bond donors (Lipinski definition) is 0. The Morgan fingerprint density at radius 2 is 0.815 bits per heavy atom. The summed E-state index contributed by atoms with van der Waals surface area (Å²) in [5.74, 6) is 0. The van der Waals surface area contributed by atoms with E-state index in [0.29, 0.717) is 0 Å². The quantitative estimate of drug-likeness (QED) is 0.379. The van der Waals surface area contributed by atoms with Gasteiger partial charge in [0.15, 0.2) is 0 Å². The maximum atomic E-state index is 2.78. The van der Waals surface area contributed by atoms with Crippen molar-refractivity contribution in [1.29, 1.82) is 0 Å². The molecule has 1 aliphatic carbocycles. The Hall–Kier alpha value is 0.564. The van der Waals surface area contributed by atoms with Crippen LogP contribution >= 0.6 is 0 Å². The van der Waals surface area contributed by atoms with Gasteiger partial charge in [0, 0.05) is 32.3 Å². The number of allylic oxidation sites excluding steroid dienone is 4. The average Bonchev–Trinajstić information content (AvgIpc) is 2.92. The van der Waals surface area contributed by atoms with Crippen molar-refractivity contribution in [3.05, 3.63) is 24.3 Å². The van der Waals surface area contributed by atoms with Gasteiger partial charge in [0.2, 0.25) is 0 Å². The molecular weight excluding hydrogens is 405 g/mol. The van der Waals surface area contributed by atoms with Gasteiger partial charge in [-0.05, 0) is 19.7 Å². The van der Waals surface area contributed by atoms with Crippen LogP contribution in [-0.2, 0) is 0 Å². The van der Waals surface area contributed by atoms with Crippen molar-refractivity contribution >= 4 is 40.4 Å². The Kier molecular flexibility index (Phi) is 4.81. The SMILES string of the molecule is C[Si](C)(C)C1([Si](C)(C)C)CCC([Si](C)(C)C)([Si](C)(C)C)[Si]12C1C=CC=CC12. The second kappa shape index (κ2) is 5.83. The van der Waals surface area contributed by atoms with Gasteiger partial charge in [-0.15, -0.1) is 0 Å². The molecule has 0 radical (unpaired) electrons. The first-order valence-corrected chi connectivity index (χ1v) is 27.4. The van der Waals surface area contributed by atoms with Gasteiger partial charge in [0.05, 0.1) is 8.07 Å². The van der Waals surface area contributed by atoms with Gasteiger partial charge in [0.25, 0.3) is 0 Å². The zero-order chi connectivity index (χ0) is 20.9. The molecule has 0 saturated carbocycles. The monoisotopic (exact) mass is 450 g/mol. The third-order valence-electron chi connectivity index (χ3n) is 9.49. The number of rotatable bonds is 4. The summed E-state index contributed by atoms with van der Waals surface area (Å²) in [7, 11) is -6.78. The molecule has 1 spiro atoms. The van der Waals surface area contributed by atoms with Gasteiger partial charge >= 0.3 is 0 Å². The first-order valence-electron chi connectivity index (χ1n) is 11.3. The van der Waals surface area contributed by atoms with Crippen molar-refractivity contribution in [1.82, 2.24) is 0 Å². The predicted octanol–water partition coefficient (Wildman–Crippen LogP) is 8.10. The summed E-state index contributed by atoms with van der Waals surface area (Å²) in [5, 5.41) is 0. The van der Waals surface area contributed by atoms with Gasteiger partial charge in [0.1, 0.15) is 0 Å². The second-order valence-electron chi connectivity index (χ2n) is 14.0. The van der Waals surface area contributed by atoms with Crippen LogP contribution in [0.25, 0.3) is 0 Å². The van der Waals surface area contributed by atoms with E-state index in [-0.39, 0.29) is 0 Å².